The minimum absolute atomic E-state index is 0.0327. The number of fused-ring (bicyclic) bond motifs is 1. The van der Waals surface area contributed by atoms with Crippen molar-refractivity contribution in [3.8, 4) is 0 Å². The first-order chi connectivity index (χ1) is 12.7. The first kappa shape index (κ1) is 19.3. The van der Waals surface area contributed by atoms with Crippen LogP contribution in [0.2, 0.25) is 0 Å². The number of carbonyl (C=O) groups is 1. The van der Waals surface area contributed by atoms with Crippen LogP contribution in [0.1, 0.15) is 51.3 Å². The van der Waals surface area contributed by atoms with Gasteiger partial charge in [0.25, 0.3) is 0 Å². The van der Waals surface area contributed by atoms with Gasteiger partial charge in [-0.25, -0.2) is 4.39 Å². The number of rotatable bonds is 4. The van der Waals surface area contributed by atoms with E-state index in [0.29, 0.717) is 43.5 Å². The molecule has 1 fully saturated rings. The predicted octanol–water partition coefficient (Wildman–Crippen LogP) is 5.21. The van der Waals surface area contributed by atoms with Crippen LogP contribution < -0.4 is 0 Å². The third kappa shape index (κ3) is 3.97. The Hall–Kier alpha value is -2.43. The maximum atomic E-state index is 13.6. The smallest absolute Gasteiger partial charge is 0.168 e. The Morgan fingerprint density at radius 3 is 2.78 bits per heavy atom. The monoisotopic (exact) mass is 370 g/mol. The number of ketones is 1. The van der Waals surface area contributed by atoms with Crippen LogP contribution in [-0.2, 0) is 11.2 Å². The number of aryl methyl sites for hydroxylation is 1. The first-order valence-electron chi connectivity index (χ1n) is 9.47. The van der Waals surface area contributed by atoms with Gasteiger partial charge in [0, 0.05) is 41.7 Å². The molecule has 5 heteroatoms. The number of benzene rings is 1. The standard InChI is InChI=1S/C22H27FN2O2/c1-5-19(26)21-18(11-22(3,4)12-20(21)27)24-9-8-15-13(2)25-17-7-6-14(23)10-16(15)17/h6-7,10,25-26H,5,8-9,11-12H2,1-4H3/b21-19+,24-18?. The molecule has 1 aliphatic carbocycles. The summed E-state index contributed by atoms with van der Waals surface area (Å²) in [5, 5.41) is 11.1. The van der Waals surface area contributed by atoms with E-state index in [1.807, 2.05) is 27.7 Å². The maximum Gasteiger partial charge on any atom is 0.168 e. The molecular formula is C22H27FN2O2. The normalized spacial score (nSPS) is 20.5. The number of Topliss-reactive ketones (excluding diaryl/α,β-unsaturated/α-hetero) is 1. The van der Waals surface area contributed by atoms with E-state index in [9.17, 15) is 14.3 Å². The SMILES string of the molecule is CC/C(O)=C1\C(=O)CC(C)(C)CC1=NCCc1c(C)[nH]c2ccc(F)cc12. The van der Waals surface area contributed by atoms with Crippen LogP contribution >= 0.6 is 0 Å². The van der Waals surface area contributed by atoms with Gasteiger partial charge in [-0.15, -0.1) is 0 Å². The highest BCUT2D eigenvalue weighted by molar-refractivity contribution is 6.24. The van der Waals surface area contributed by atoms with Crippen molar-refractivity contribution < 1.29 is 14.3 Å². The molecule has 1 heterocycles. The van der Waals surface area contributed by atoms with Crippen LogP contribution in [0, 0.1) is 18.2 Å². The van der Waals surface area contributed by atoms with Gasteiger partial charge in [-0.2, -0.15) is 0 Å². The molecule has 144 valence electrons. The average Bonchev–Trinajstić information content (AvgIpc) is 2.88. The zero-order valence-corrected chi connectivity index (χ0v) is 16.4. The Bertz CT molecular complexity index is 951. The number of hydrogen-bond acceptors (Lipinski definition) is 3. The van der Waals surface area contributed by atoms with Gasteiger partial charge in [0.05, 0.1) is 5.57 Å². The number of aromatic amines is 1. The summed E-state index contributed by atoms with van der Waals surface area (Å²) in [5.41, 5.74) is 3.89. The lowest BCUT2D eigenvalue weighted by atomic mass is 9.73. The number of nitrogens with one attached hydrogen (secondary N) is 1. The molecule has 1 aromatic heterocycles. The molecule has 0 atom stereocenters. The van der Waals surface area contributed by atoms with Crippen LogP contribution in [0.15, 0.2) is 34.5 Å². The van der Waals surface area contributed by atoms with Gasteiger partial charge in [0.15, 0.2) is 5.78 Å². The number of carbonyl (C=O) groups excluding carboxylic acids is 1. The van der Waals surface area contributed by atoms with Crippen molar-refractivity contribution in [2.45, 2.75) is 53.4 Å². The van der Waals surface area contributed by atoms with E-state index in [4.69, 9.17) is 4.99 Å². The molecule has 0 amide bonds. The molecule has 27 heavy (non-hydrogen) atoms. The molecule has 1 saturated carbocycles. The van der Waals surface area contributed by atoms with Gasteiger partial charge >= 0.3 is 0 Å². The fraction of sp³-hybridized carbons (Fsp3) is 0.455. The number of aliphatic hydroxyl groups excluding tert-OH is 1. The second-order valence-corrected chi connectivity index (χ2v) is 8.11. The molecule has 0 bridgehead atoms. The molecule has 3 rings (SSSR count). The van der Waals surface area contributed by atoms with Gasteiger partial charge in [0.2, 0.25) is 0 Å². The molecule has 0 unspecified atom stereocenters. The molecule has 0 spiro atoms. The van der Waals surface area contributed by atoms with Gasteiger partial charge in [-0.1, -0.05) is 20.8 Å². The molecule has 4 nitrogen and oxygen atoms in total. The van der Waals surface area contributed by atoms with Crippen molar-refractivity contribution >= 4 is 22.4 Å². The number of halogens is 1. The van der Waals surface area contributed by atoms with Crippen molar-refractivity contribution in [1.29, 1.82) is 0 Å². The lowest BCUT2D eigenvalue weighted by Crippen LogP contribution is -2.32. The summed E-state index contributed by atoms with van der Waals surface area (Å²) in [5.74, 6) is -0.166. The highest BCUT2D eigenvalue weighted by Crippen LogP contribution is 2.35. The van der Waals surface area contributed by atoms with Crippen molar-refractivity contribution in [3.05, 3.63) is 46.6 Å². The zero-order chi connectivity index (χ0) is 19.8. The lowest BCUT2D eigenvalue weighted by Gasteiger charge is -2.31. The van der Waals surface area contributed by atoms with E-state index >= 15 is 0 Å². The number of H-pyrrole nitrogens is 1. The van der Waals surface area contributed by atoms with E-state index in [1.54, 1.807) is 12.1 Å². The first-order valence-corrected chi connectivity index (χ1v) is 9.47. The van der Waals surface area contributed by atoms with Crippen LogP contribution in [0.25, 0.3) is 10.9 Å². The van der Waals surface area contributed by atoms with Gasteiger partial charge in [0.1, 0.15) is 11.6 Å². The number of allylic oxidation sites excluding steroid dienone is 2. The Morgan fingerprint density at radius 2 is 2.07 bits per heavy atom. The Kier molecular flexibility index (Phi) is 5.22. The maximum absolute atomic E-state index is 13.6. The minimum Gasteiger partial charge on any atom is -0.512 e. The van der Waals surface area contributed by atoms with Crippen molar-refractivity contribution in [2.75, 3.05) is 6.54 Å². The summed E-state index contributed by atoms with van der Waals surface area (Å²) in [4.78, 5) is 20.5. The molecule has 0 aliphatic heterocycles. The van der Waals surface area contributed by atoms with E-state index < -0.39 is 0 Å². The van der Waals surface area contributed by atoms with Crippen molar-refractivity contribution in [1.82, 2.24) is 4.98 Å². The van der Waals surface area contributed by atoms with E-state index in [2.05, 4.69) is 4.98 Å². The summed E-state index contributed by atoms with van der Waals surface area (Å²) in [6.45, 7) is 8.39. The molecular weight excluding hydrogens is 343 g/mol. The number of aliphatic hydroxyl groups is 1. The molecule has 2 N–H and O–H groups in total. The summed E-state index contributed by atoms with van der Waals surface area (Å²) in [6.07, 6.45) is 2.15. The van der Waals surface area contributed by atoms with Crippen molar-refractivity contribution in [2.24, 2.45) is 10.4 Å². The van der Waals surface area contributed by atoms with Gasteiger partial charge in [-0.05, 0) is 48.9 Å². The van der Waals surface area contributed by atoms with Gasteiger partial charge < -0.3 is 10.1 Å². The van der Waals surface area contributed by atoms with Gasteiger partial charge in [-0.3, -0.25) is 9.79 Å². The summed E-state index contributed by atoms with van der Waals surface area (Å²) < 4.78 is 13.6. The van der Waals surface area contributed by atoms with Crippen molar-refractivity contribution in [3.63, 3.8) is 0 Å². The quantitative estimate of drug-likeness (QED) is 0.573. The van der Waals surface area contributed by atoms with E-state index in [0.717, 1.165) is 22.2 Å². The minimum atomic E-state index is -0.258. The van der Waals surface area contributed by atoms with E-state index in [1.165, 1.54) is 6.07 Å². The molecule has 1 aromatic carbocycles. The van der Waals surface area contributed by atoms with Crippen LogP contribution in [0.4, 0.5) is 4.39 Å². The van der Waals surface area contributed by atoms with Crippen LogP contribution in [0.3, 0.4) is 0 Å². The number of aliphatic imine (C=N–C) groups is 1. The number of hydrogen-bond donors (Lipinski definition) is 2. The fourth-order valence-corrected chi connectivity index (χ4v) is 3.91. The Labute approximate surface area is 159 Å². The predicted molar refractivity (Wildman–Crippen MR) is 107 cm³/mol. The topological polar surface area (TPSA) is 65.4 Å². The lowest BCUT2D eigenvalue weighted by molar-refractivity contribution is -0.117. The second-order valence-electron chi connectivity index (χ2n) is 8.11. The molecule has 1 aliphatic rings. The second kappa shape index (κ2) is 7.29. The summed E-state index contributed by atoms with van der Waals surface area (Å²) in [6, 6.07) is 4.74. The molecule has 0 saturated heterocycles. The van der Waals surface area contributed by atoms with Crippen LogP contribution in [0.5, 0.6) is 0 Å². The largest absolute Gasteiger partial charge is 0.512 e. The van der Waals surface area contributed by atoms with Crippen LogP contribution in [-0.4, -0.2) is 28.1 Å². The molecule has 2 aromatic rings. The molecule has 0 radical (unpaired) electrons. The number of nitrogens with zero attached hydrogens (tertiary/aromatic N) is 1. The zero-order valence-electron chi connectivity index (χ0n) is 16.4. The third-order valence-corrected chi connectivity index (χ3v) is 5.22. The Morgan fingerprint density at radius 1 is 1.33 bits per heavy atom. The fourth-order valence-electron chi connectivity index (χ4n) is 3.91. The highest BCUT2D eigenvalue weighted by atomic mass is 19.1. The number of aromatic nitrogens is 1. The average molecular weight is 370 g/mol. The van der Waals surface area contributed by atoms with E-state index in [-0.39, 0.29) is 22.8 Å². The summed E-state index contributed by atoms with van der Waals surface area (Å²) in [7, 11) is 0. The summed E-state index contributed by atoms with van der Waals surface area (Å²) >= 11 is 0. The Balaban J connectivity index is 1.89. The highest BCUT2D eigenvalue weighted by Gasteiger charge is 2.35. The third-order valence-electron chi connectivity index (χ3n) is 5.22.